The molecule has 0 N–H and O–H groups in total. The molecular weight excluding hydrogens is 641 g/mol. The summed E-state index contributed by atoms with van der Waals surface area (Å²) in [6, 6.07) is 38.8. The Labute approximate surface area is 300 Å². The fraction of sp³-hybridized carbons (Fsp3) is 0.130. The Morgan fingerprint density at radius 2 is 0.904 bits per heavy atom. The smallest absolute Gasteiger partial charge is 0.141 e. The molecule has 0 atom stereocenters. The van der Waals surface area contributed by atoms with Crippen LogP contribution in [0.3, 0.4) is 0 Å². The van der Waals surface area contributed by atoms with Gasteiger partial charge >= 0.3 is 0 Å². The van der Waals surface area contributed by atoms with Gasteiger partial charge in [0.25, 0.3) is 0 Å². The van der Waals surface area contributed by atoms with Gasteiger partial charge in [0, 0.05) is 55.9 Å². The van der Waals surface area contributed by atoms with Crippen molar-refractivity contribution in [3.63, 3.8) is 0 Å². The number of fused-ring (bicyclic) bond motifs is 12. The van der Waals surface area contributed by atoms with E-state index in [0.717, 1.165) is 89.1 Å². The standard InChI is InChI=1S/C46H34N4O2/c1-45(2)33-13-5-7-15-35(33)49(27-11-9-21-47-25-27)37-19-17-29-31-23-40-32(24-39(31)51-43(29)41(37)45)30-18-20-38-42(44(30)52-40)46(3,4)34-14-6-8-16-36(34)50(38)28-12-10-22-48-26-28/h5-26H,1-4H3. The van der Waals surface area contributed by atoms with Crippen molar-refractivity contribution in [2.45, 2.75) is 38.5 Å². The third-order valence-corrected chi connectivity index (χ3v) is 11.5. The van der Waals surface area contributed by atoms with Gasteiger partial charge < -0.3 is 18.6 Å². The average molecular weight is 675 g/mol. The lowest BCUT2D eigenvalue weighted by Gasteiger charge is -2.41. The van der Waals surface area contributed by atoms with E-state index in [0.29, 0.717) is 0 Å². The van der Waals surface area contributed by atoms with Gasteiger partial charge in [-0.05, 0) is 83.9 Å². The molecule has 0 radical (unpaired) electrons. The van der Waals surface area contributed by atoms with Crippen LogP contribution in [0.5, 0.6) is 0 Å². The number of furan rings is 2. The first-order valence-electron chi connectivity index (χ1n) is 17.8. The molecule has 0 saturated carbocycles. The van der Waals surface area contributed by atoms with Crippen molar-refractivity contribution in [2.24, 2.45) is 0 Å². The highest BCUT2D eigenvalue weighted by Crippen LogP contribution is 2.57. The maximum atomic E-state index is 6.99. The highest BCUT2D eigenvalue weighted by atomic mass is 16.3. The lowest BCUT2D eigenvalue weighted by atomic mass is 9.73. The van der Waals surface area contributed by atoms with Gasteiger partial charge in [0.15, 0.2) is 0 Å². The minimum Gasteiger partial charge on any atom is -0.456 e. The SMILES string of the molecule is CC1(C)c2ccccc2N(c2cccnc2)c2ccc3c(oc4cc5c(cc43)oc3c4c(ccc35)N(c3cccnc3)c3ccccc3C4(C)C)c21. The molecule has 0 unspecified atom stereocenters. The molecule has 6 heterocycles. The first kappa shape index (κ1) is 29.3. The second kappa shape index (κ2) is 10.1. The number of benzene rings is 5. The predicted molar refractivity (Wildman–Crippen MR) is 210 cm³/mol. The van der Waals surface area contributed by atoms with E-state index in [4.69, 9.17) is 8.83 Å². The minimum atomic E-state index is -0.315. The number of pyridine rings is 2. The van der Waals surface area contributed by atoms with Crippen molar-refractivity contribution in [1.29, 1.82) is 0 Å². The number of aromatic nitrogens is 2. The largest absolute Gasteiger partial charge is 0.456 e. The van der Waals surface area contributed by atoms with Crippen molar-refractivity contribution in [3.8, 4) is 0 Å². The Balaban J connectivity index is 1.16. The van der Waals surface area contributed by atoms with Crippen LogP contribution in [-0.2, 0) is 10.8 Å². The first-order chi connectivity index (χ1) is 25.3. The van der Waals surface area contributed by atoms with Crippen LogP contribution in [0.2, 0.25) is 0 Å². The summed E-state index contributed by atoms with van der Waals surface area (Å²) >= 11 is 0. The van der Waals surface area contributed by atoms with E-state index in [9.17, 15) is 0 Å². The van der Waals surface area contributed by atoms with E-state index in [1.54, 1.807) is 0 Å². The van der Waals surface area contributed by atoms with Crippen molar-refractivity contribution < 1.29 is 8.83 Å². The number of rotatable bonds is 2. The van der Waals surface area contributed by atoms with Gasteiger partial charge in [0.1, 0.15) is 22.3 Å². The Morgan fingerprint density at radius 3 is 1.33 bits per heavy atom. The molecule has 0 bridgehead atoms. The lowest BCUT2D eigenvalue weighted by molar-refractivity contribution is 0.600. The zero-order valence-electron chi connectivity index (χ0n) is 29.3. The van der Waals surface area contributed by atoms with E-state index in [2.05, 4.69) is 145 Å². The molecule has 0 spiro atoms. The van der Waals surface area contributed by atoms with E-state index in [-0.39, 0.29) is 10.8 Å². The normalized spacial score (nSPS) is 15.5. The molecule has 250 valence electrons. The molecule has 4 aromatic heterocycles. The molecule has 0 saturated heterocycles. The maximum Gasteiger partial charge on any atom is 0.141 e. The minimum absolute atomic E-state index is 0.315. The van der Waals surface area contributed by atoms with Crippen LogP contribution in [0, 0.1) is 0 Å². The number of hydrogen-bond donors (Lipinski definition) is 0. The quantitative estimate of drug-likeness (QED) is 0.182. The summed E-state index contributed by atoms with van der Waals surface area (Å²) < 4.78 is 14.0. The summed E-state index contributed by atoms with van der Waals surface area (Å²) in [5.41, 5.74) is 14.2. The van der Waals surface area contributed by atoms with Crippen LogP contribution in [0.15, 0.2) is 143 Å². The highest BCUT2D eigenvalue weighted by molar-refractivity contribution is 6.17. The van der Waals surface area contributed by atoms with E-state index < -0.39 is 0 Å². The monoisotopic (exact) mass is 674 g/mol. The highest BCUT2D eigenvalue weighted by Gasteiger charge is 2.41. The van der Waals surface area contributed by atoms with Crippen LogP contribution < -0.4 is 9.80 Å². The fourth-order valence-electron chi connectivity index (χ4n) is 9.18. The Hall–Kier alpha value is -6.40. The third-order valence-electron chi connectivity index (χ3n) is 11.5. The summed E-state index contributed by atoms with van der Waals surface area (Å²) in [6.07, 6.45) is 7.49. The predicted octanol–water partition coefficient (Wildman–Crippen LogP) is 12.5. The van der Waals surface area contributed by atoms with Gasteiger partial charge in [-0.1, -0.05) is 64.1 Å². The van der Waals surface area contributed by atoms with Gasteiger partial charge in [-0.2, -0.15) is 0 Å². The van der Waals surface area contributed by atoms with E-state index >= 15 is 0 Å². The molecule has 0 fully saturated rings. The van der Waals surface area contributed by atoms with E-state index in [1.165, 1.54) is 11.1 Å². The summed E-state index contributed by atoms with van der Waals surface area (Å²) in [6.45, 7) is 9.20. The topological polar surface area (TPSA) is 58.5 Å². The molecule has 5 aromatic carbocycles. The Kier molecular flexibility index (Phi) is 5.70. The molecule has 6 nitrogen and oxygen atoms in total. The zero-order valence-corrected chi connectivity index (χ0v) is 29.3. The second-order valence-corrected chi connectivity index (χ2v) is 15.1. The summed E-state index contributed by atoms with van der Waals surface area (Å²) in [5, 5.41) is 4.24. The van der Waals surface area contributed by atoms with Crippen molar-refractivity contribution in [3.05, 3.63) is 156 Å². The maximum absolute atomic E-state index is 6.99. The molecule has 6 heteroatoms. The van der Waals surface area contributed by atoms with E-state index in [1.807, 2.05) is 36.9 Å². The molecule has 9 aromatic rings. The van der Waals surface area contributed by atoms with Gasteiger partial charge in [-0.25, -0.2) is 0 Å². The van der Waals surface area contributed by atoms with Crippen LogP contribution >= 0.6 is 0 Å². The van der Waals surface area contributed by atoms with Crippen molar-refractivity contribution >= 4 is 78.0 Å². The molecule has 0 amide bonds. The van der Waals surface area contributed by atoms with Gasteiger partial charge in [0.05, 0.1) is 46.5 Å². The van der Waals surface area contributed by atoms with Gasteiger partial charge in [-0.15, -0.1) is 0 Å². The number of para-hydroxylation sites is 2. The van der Waals surface area contributed by atoms with Gasteiger partial charge in [-0.3, -0.25) is 9.97 Å². The van der Waals surface area contributed by atoms with Gasteiger partial charge in [0.2, 0.25) is 0 Å². The fourth-order valence-corrected chi connectivity index (χ4v) is 9.18. The van der Waals surface area contributed by atoms with Crippen molar-refractivity contribution in [2.75, 3.05) is 9.80 Å². The Bertz CT molecular complexity index is 2720. The number of hydrogen-bond acceptors (Lipinski definition) is 6. The van der Waals surface area contributed by atoms with Crippen LogP contribution in [0.1, 0.15) is 49.9 Å². The van der Waals surface area contributed by atoms with Crippen LogP contribution in [0.25, 0.3) is 43.9 Å². The van der Waals surface area contributed by atoms with Crippen LogP contribution in [0.4, 0.5) is 34.1 Å². The molecular formula is C46H34N4O2. The second-order valence-electron chi connectivity index (χ2n) is 15.1. The molecule has 52 heavy (non-hydrogen) atoms. The summed E-state index contributed by atoms with van der Waals surface area (Å²) in [7, 11) is 0. The summed E-state index contributed by atoms with van der Waals surface area (Å²) in [5.74, 6) is 0. The van der Waals surface area contributed by atoms with Crippen LogP contribution in [-0.4, -0.2) is 9.97 Å². The third kappa shape index (κ3) is 3.73. The molecule has 2 aliphatic rings. The molecule has 2 aliphatic heterocycles. The first-order valence-corrected chi connectivity index (χ1v) is 17.8. The molecule has 0 aliphatic carbocycles. The molecule has 11 rings (SSSR count). The zero-order chi connectivity index (χ0) is 34.9. The summed E-state index contributed by atoms with van der Waals surface area (Å²) in [4.78, 5) is 13.6. The number of nitrogens with zero attached hydrogens (tertiary/aromatic N) is 4. The van der Waals surface area contributed by atoms with Crippen molar-refractivity contribution in [1.82, 2.24) is 9.97 Å². The lowest BCUT2D eigenvalue weighted by Crippen LogP contribution is -2.30. The number of anilines is 6. The Morgan fingerprint density at radius 1 is 0.462 bits per heavy atom. The average Bonchev–Trinajstić information content (AvgIpc) is 3.71.